The second-order valence-electron chi connectivity index (χ2n) is 4.31. The van der Waals surface area contributed by atoms with E-state index in [2.05, 4.69) is 0 Å². The van der Waals surface area contributed by atoms with Gasteiger partial charge in [-0.15, -0.1) is 0 Å². The molecule has 100 valence electrons. The number of benzene rings is 1. The molecule has 0 amide bonds. The normalized spacial score (nSPS) is 19.6. The first-order chi connectivity index (χ1) is 8.59. The molecule has 18 heavy (non-hydrogen) atoms. The largest absolute Gasteiger partial charge is 0.490 e. The summed E-state index contributed by atoms with van der Waals surface area (Å²) < 4.78 is 30.5. The van der Waals surface area contributed by atoms with Crippen LogP contribution in [0.1, 0.15) is 12.8 Å². The number of rotatable bonds is 4. The number of anilines is 1. The van der Waals surface area contributed by atoms with Crippen molar-refractivity contribution >= 4 is 15.7 Å². The van der Waals surface area contributed by atoms with Crippen molar-refractivity contribution in [3.8, 4) is 5.75 Å². The van der Waals surface area contributed by atoms with Crippen molar-refractivity contribution in [2.45, 2.75) is 12.8 Å². The van der Waals surface area contributed by atoms with Crippen molar-refractivity contribution in [3.63, 3.8) is 0 Å². The molecule has 1 aliphatic heterocycles. The highest BCUT2D eigenvalue weighted by molar-refractivity contribution is 7.89. The van der Waals surface area contributed by atoms with Gasteiger partial charge >= 0.3 is 0 Å². The Labute approximate surface area is 108 Å². The van der Waals surface area contributed by atoms with Crippen LogP contribution in [0.25, 0.3) is 0 Å². The fraction of sp³-hybridized carbons (Fsp3) is 0.500. The lowest BCUT2D eigenvalue weighted by atomic mass is 10.3. The molecule has 5 nitrogen and oxygen atoms in total. The molecular weight excluding hydrogens is 252 g/mol. The van der Waals surface area contributed by atoms with Crippen molar-refractivity contribution in [3.05, 3.63) is 24.3 Å². The summed E-state index contributed by atoms with van der Waals surface area (Å²) in [4.78, 5) is 0. The Hall–Kier alpha value is -1.27. The summed E-state index contributed by atoms with van der Waals surface area (Å²) in [7, 11) is -3.07. The number of sulfonamides is 1. The predicted octanol–water partition coefficient (Wildman–Crippen LogP) is 1.07. The summed E-state index contributed by atoms with van der Waals surface area (Å²) >= 11 is 0. The van der Waals surface area contributed by atoms with Crippen LogP contribution in [-0.4, -0.2) is 38.2 Å². The zero-order valence-electron chi connectivity index (χ0n) is 10.2. The third kappa shape index (κ3) is 3.14. The molecule has 0 saturated carbocycles. The van der Waals surface area contributed by atoms with Crippen LogP contribution < -0.4 is 10.5 Å². The molecule has 0 aliphatic carbocycles. The predicted molar refractivity (Wildman–Crippen MR) is 70.9 cm³/mol. The Morgan fingerprint density at radius 3 is 2.78 bits per heavy atom. The van der Waals surface area contributed by atoms with Crippen molar-refractivity contribution in [2.75, 3.05) is 31.2 Å². The van der Waals surface area contributed by atoms with Crippen molar-refractivity contribution in [1.29, 1.82) is 0 Å². The van der Waals surface area contributed by atoms with E-state index in [4.69, 9.17) is 10.5 Å². The van der Waals surface area contributed by atoms with Gasteiger partial charge in [-0.1, -0.05) is 12.1 Å². The van der Waals surface area contributed by atoms with Gasteiger partial charge in [0.05, 0.1) is 11.4 Å². The minimum absolute atomic E-state index is 0.250. The van der Waals surface area contributed by atoms with Crippen molar-refractivity contribution in [2.24, 2.45) is 0 Å². The molecule has 1 aromatic rings. The van der Waals surface area contributed by atoms with E-state index in [9.17, 15) is 8.42 Å². The molecule has 2 rings (SSSR count). The highest BCUT2D eigenvalue weighted by Crippen LogP contribution is 2.20. The molecule has 0 atom stereocenters. The monoisotopic (exact) mass is 270 g/mol. The fourth-order valence-electron chi connectivity index (χ4n) is 1.96. The zero-order valence-corrected chi connectivity index (χ0v) is 11.0. The third-order valence-electron chi connectivity index (χ3n) is 2.97. The summed E-state index contributed by atoms with van der Waals surface area (Å²) in [6.07, 6.45) is 1.68. The molecule has 6 heteroatoms. The third-order valence-corrected chi connectivity index (χ3v) is 4.93. The van der Waals surface area contributed by atoms with Crippen LogP contribution in [-0.2, 0) is 10.0 Å². The smallest absolute Gasteiger partial charge is 0.214 e. The second-order valence-corrected chi connectivity index (χ2v) is 6.40. The molecule has 0 unspecified atom stereocenters. The first-order valence-corrected chi connectivity index (χ1v) is 7.66. The SMILES string of the molecule is Nc1ccccc1OCCN1CCCCS1(=O)=O. The number of nitrogen functional groups attached to an aromatic ring is 1. The molecule has 1 heterocycles. The lowest BCUT2D eigenvalue weighted by molar-refractivity contribution is 0.267. The van der Waals surface area contributed by atoms with E-state index in [-0.39, 0.29) is 5.75 Å². The number of nitrogens with zero attached hydrogens (tertiary/aromatic N) is 1. The van der Waals surface area contributed by atoms with Crippen LogP contribution >= 0.6 is 0 Å². The van der Waals surface area contributed by atoms with Crippen LogP contribution in [0.3, 0.4) is 0 Å². The maximum Gasteiger partial charge on any atom is 0.214 e. The van der Waals surface area contributed by atoms with Gasteiger partial charge in [-0.3, -0.25) is 0 Å². The average Bonchev–Trinajstić information content (AvgIpc) is 2.33. The lowest BCUT2D eigenvalue weighted by Gasteiger charge is -2.26. The average molecular weight is 270 g/mol. The van der Waals surface area contributed by atoms with Gasteiger partial charge in [0.2, 0.25) is 10.0 Å². The molecule has 2 N–H and O–H groups in total. The number of ether oxygens (including phenoxy) is 1. The Kier molecular flexibility index (Phi) is 4.08. The summed E-state index contributed by atoms with van der Waals surface area (Å²) in [6.45, 7) is 1.31. The van der Waals surface area contributed by atoms with E-state index in [1.165, 1.54) is 4.31 Å². The molecule has 0 bridgehead atoms. The Morgan fingerprint density at radius 1 is 1.28 bits per heavy atom. The van der Waals surface area contributed by atoms with Crippen LogP contribution in [0, 0.1) is 0 Å². The highest BCUT2D eigenvalue weighted by Gasteiger charge is 2.25. The fourth-order valence-corrected chi connectivity index (χ4v) is 3.55. The van der Waals surface area contributed by atoms with Crippen molar-refractivity contribution < 1.29 is 13.2 Å². The number of para-hydroxylation sites is 2. The van der Waals surface area contributed by atoms with Crippen LogP contribution in [0.4, 0.5) is 5.69 Å². The number of hydrogen-bond acceptors (Lipinski definition) is 4. The van der Waals surface area contributed by atoms with Gasteiger partial charge in [-0.25, -0.2) is 8.42 Å². The van der Waals surface area contributed by atoms with Gasteiger partial charge in [-0.2, -0.15) is 4.31 Å². The van der Waals surface area contributed by atoms with Gasteiger partial charge in [0.25, 0.3) is 0 Å². The van der Waals surface area contributed by atoms with Crippen molar-refractivity contribution in [1.82, 2.24) is 4.31 Å². The standard InChI is InChI=1S/C12H18N2O3S/c13-11-5-1-2-6-12(11)17-9-8-14-7-3-4-10-18(14,15)16/h1-2,5-6H,3-4,7-10,13H2. The zero-order chi connectivity index (χ0) is 13.0. The topological polar surface area (TPSA) is 72.6 Å². The number of hydrogen-bond donors (Lipinski definition) is 1. The highest BCUT2D eigenvalue weighted by atomic mass is 32.2. The van der Waals surface area contributed by atoms with E-state index in [0.29, 0.717) is 31.1 Å². The quantitative estimate of drug-likeness (QED) is 0.831. The van der Waals surface area contributed by atoms with E-state index < -0.39 is 10.0 Å². The van der Waals surface area contributed by atoms with E-state index in [0.717, 1.165) is 12.8 Å². The first kappa shape index (κ1) is 13.2. The molecule has 1 aromatic carbocycles. The van der Waals surface area contributed by atoms with Gasteiger partial charge < -0.3 is 10.5 Å². The molecule has 0 radical (unpaired) electrons. The van der Waals surface area contributed by atoms with E-state index in [1.54, 1.807) is 12.1 Å². The molecule has 1 aliphatic rings. The van der Waals surface area contributed by atoms with Gasteiger partial charge in [-0.05, 0) is 25.0 Å². The maximum atomic E-state index is 11.7. The van der Waals surface area contributed by atoms with E-state index >= 15 is 0 Å². The molecule has 1 fully saturated rings. The van der Waals surface area contributed by atoms with E-state index in [1.807, 2.05) is 12.1 Å². The second kappa shape index (κ2) is 5.58. The minimum atomic E-state index is -3.07. The Morgan fingerprint density at radius 2 is 2.06 bits per heavy atom. The van der Waals surface area contributed by atoms with Crippen LogP contribution in [0.2, 0.25) is 0 Å². The molecule has 1 saturated heterocycles. The van der Waals surface area contributed by atoms with Gasteiger partial charge in [0, 0.05) is 13.1 Å². The Bertz CT molecular complexity index is 502. The number of nitrogens with two attached hydrogens (primary N) is 1. The summed E-state index contributed by atoms with van der Waals surface area (Å²) in [5.41, 5.74) is 6.30. The van der Waals surface area contributed by atoms with Gasteiger partial charge in [0.1, 0.15) is 12.4 Å². The van der Waals surface area contributed by atoms with Gasteiger partial charge in [0.15, 0.2) is 0 Å². The summed E-state index contributed by atoms with van der Waals surface area (Å²) in [6, 6.07) is 7.20. The Balaban J connectivity index is 1.87. The minimum Gasteiger partial charge on any atom is -0.490 e. The molecular formula is C12H18N2O3S. The molecule has 0 spiro atoms. The summed E-state index contributed by atoms with van der Waals surface area (Å²) in [5.74, 6) is 0.854. The lowest BCUT2D eigenvalue weighted by Crippen LogP contribution is -2.40. The summed E-state index contributed by atoms with van der Waals surface area (Å²) in [5, 5.41) is 0. The van der Waals surface area contributed by atoms with Crippen LogP contribution in [0.15, 0.2) is 24.3 Å². The first-order valence-electron chi connectivity index (χ1n) is 6.05. The maximum absolute atomic E-state index is 11.7. The van der Waals surface area contributed by atoms with Crippen LogP contribution in [0.5, 0.6) is 5.75 Å². The molecule has 0 aromatic heterocycles.